The number of benzene rings is 1. The predicted octanol–water partition coefficient (Wildman–Crippen LogP) is 2.95. The van der Waals surface area contributed by atoms with Gasteiger partial charge in [-0.05, 0) is 30.7 Å². The average molecular weight is 254 g/mol. The summed E-state index contributed by atoms with van der Waals surface area (Å²) in [6.07, 6.45) is 1.35. The van der Waals surface area contributed by atoms with Crippen LogP contribution in [0.15, 0.2) is 24.4 Å². The van der Waals surface area contributed by atoms with E-state index in [0.29, 0.717) is 11.3 Å². The van der Waals surface area contributed by atoms with Crippen LogP contribution in [0.4, 0.5) is 10.3 Å². The van der Waals surface area contributed by atoms with Gasteiger partial charge >= 0.3 is 0 Å². The quantitative estimate of drug-likeness (QED) is 0.894. The zero-order valence-electron chi connectivity index (χ0n) is 8.95. The second kappa shape index (κ2) is 4.55. The maximum absolute atomic E-state index is 12.9. The lowest BCUT2D eigenvalue weighted by Crippen LogP contribution is -1.98. The maximum Gasteiger partial charge on any atom is 0.243 e. The maximum atomic E-state index is 12.9. The van der Waals surface area contributed by atoms with E-state index in [1.165, 1.54) is 24.4 Å². The molecule has 0 unspecified atom stereocenters. The first-order valence-corrected chi connectivity index (χ1v) is 5.16. The highest BCUT2D eigenvalue weighted by Crippen LogP contribution is 2.29. The Morgan fingerprint density at radius 1 is 1.41 bits per heavy atom. The van der Waals surface area contributed by atoms with E-state index in [9.17, 15) is 4.39 Å². The molecule has 1 aromatic heterocycles. The monoisotopic (exact) mass is 253 g/mol. The van der Waals surface area contributed by atoms with Crippen molar-refractivity contribution in [2.24, 2.45) is 0 Å². The number of hydrogen-bond donors (Lipinski definition) is 1. The van der Waals surface area contributed by atoms with E-state index in [1.807, 2.05) is 0 Å². The lowest BCUT2D eigenvalue weighted by molar-refractivity contribution is 0.457. The Labute approximate surface area is 102 Å². The molecule has 0 spiro atoms. The molecule has 1 heterocycles. The van der Waals surface area contributed by atoms with Crippen LogP contribution >= 0.6 is 11.6 Å². The van der Waals surface area contributed by atoms with E-state index in [0.717, 1.165) is 0 Å². The van der Waals surface area contributed by atoms with E-state index >= 15 is 0 Å². The largest absolute Gasteiger partial charge is 0.437 e. The van der Waals surface area contributed by atoms with E-state index < -0.39 is 0 Å². The predicted molar refractivity (Wildman–Crippen MR) is 62.7 cm³/mol. The fourth-order valence-corrected chi connectivity index (χ4v) is 1.40. The van der Waals surface area contributed by atoms with Crippen molar-refractivity contribution in [1.29, 1.82) is 0 Å². The number of anilines is 1. The Kier molecular flexibility index (Phi) is 3.10. The number of aryl methyl sites for hydroxylation is 1. The highest BCUT2D eigenvalue weighted by atomic mass is 35.5. The molecule has 4 nitrogen and oxygen atoms in total. The van der Waals surface area contributed by atoms with Gasteiger partial charge in [0.1, 0.15) is 16.6 Å². The van der Waals surface area contributed by atoms with Gasteiger partial charge < -0.3 is 10.5 Å². The lowest BCUT2D eigenvalue weighted by atomic mass is 10.2. The second-order valence-electron chi connectivity index (χ2n) is 3.39. The van der Waals surface area contributed by atoms with E-state index in [2.05, 4.69) is 9.97 Å². The lowest BCUT2D eigenvalue weighted by Gasteiger charge is -2.08. The third kappa shape index (κ3) is 2.62. The summed E-state index contributed by atoms with van der Waals surface area (Å²) in [5, 5.41) is 0.239. The Hall–Kier alpha value is -1.88. The van der Waals surface area contributed by atoms with Crippen molar-refractivity contribution in [1.82, 2.24) is 9.97 Å². The van der Waals surface area contributed by atoms with Crippen LogP contribution in [-0.4, -0.2) is 9.97 Å². The molecule has 0 saturated carbocycles. The summed E-state index contributed by atoms with van der Waals surface area (Å²) in [4.78, 5) is 7.56. The van der Waals surface area contributed by atoms with Gasteiger partial charge in [0.05, 0.1) is 6.20 Å². The first kappa shape index (κ1) is 11.6. The highest BCUT2D eigenvalue weighted by Gasteiger charge is 2.08. The van der Waals surface area contributed by atoms with Crippen LogP contribution in [-0.2, 0) is 0 Å². The molecule has 0 aliphatic heterocycles. The van der Waals surface area contributed by atoms with Gasteiger partial charge in [-0.15, -0.1) is 0 Å². The average Bonchev–Trinajstić information content (AvgIpc) is 2.27. The van der Waals surface area contributed by atoms with Crippen LogP contribution in [0.2, 0.25) is 5.02 Å². The van der Waals surface area contributed by atoms with Gasteiger partial charge in [-0.1, -0.05) is 11.6 Å². The fourth-order valence-electron chi connectivity index (χ4n) is 1.27. The summed E-state index contributed by atoms with van der Waals surface area (Å²) in [5.41, 5.74) is 6.06. The van der Waals surface area contributed by atoms with Gasteiger partial charge in [0.15, 0.2) is 0 Å². The molecule has 0 bridgehead atoms. The molecular weight excluding hydrogens is 245 g/mol. The van der Waals surface area contributed by atoms with Gasteiger partial charge in [-0.2, -0.15) is 4.98 Å². The number of nitrogen functional groups attached to an aromatic ring is 1. The third-order valence-corrected chi connectivity index (χ3v) is 2.33. The molecule has 2 rings (SSSR count). The third-order valence-electron chi connectivity index (χ3n) is 2.07. The number of rotatable bonds is 2. The Morgan fingerprint density at radius 3 is 2.88 bits per heavy atom. The number of nitrogens with zero attached hydrogens (tertiary/aromatic N) is 2. The van der Waals surface area contributed by atoms with Crippen molar-refractivity contribution in [2.75, 3.05) is 5.73 Å². The molecule has 0 fully saturated rings. The van der Waals surface area contributed by atoms with Crippen LogP contribution < -0.4 is 10.5 Å². The molecule has 2 N–H and O–H groups in total. The van der Waals surface area contributed by atoms with Crippen molar-refractivity contribution in [3.63, 3.8) is 0 Å². The molecule has 2 aromatic rings. The molecular formula is C11H9ClFN3O. The highest BCUT2D eigenvalue weighted by molar-refractivity contribution is 6.31. The molecule has 1 aromatic carbocycles. The summed E-state index contributed by atoms with van der Waals surface area (Å²) < 4.78 is 18.3. The van der Waals surface area contributed by atoms with Crippen LogP contribution in [0.5, 0.6) is 11.6 Å². The van der Waals surface area contributed by atoms with E-state index in [-0.39, 0.29) is 22.7 Å². The SMILES string of the molecule is Cc1cc(F)ccc1Oc1nc(N)ncc1Cl. The second-order valence-corrected chi connectivity index (χ2v) is 3.80. The Morgan fingerprint density at radius 2 is 2.18 bits per heavy atom. The number of ether oxygens (including phenoxy) is 1. The van der Waals surface area contributed by atoms with Gasteiger partial charge in [-0.25, -0.2) is 9.37 Å². The molecule has 0 aliphatic carbocycles. The van der Waals surface area contributed by atoms with Crippen molar-refractivity contribution < 1.29 is 9.13 Å². The standard InChI is InChI=1S/C11H9ClFN3O/c1-6-4-7(13)2-3-9(6)17-10-8(12)5-15-11(14)16-10/h2-5H,1H3,(H2,14,15,16). The van der Waals surface area contributed by atoms with Crippen LogP contribution in [0, 0.1) is 12.7 Å². The number of halogens is 2. The molecule has 6 heteroatoms. The van der Waals surface area contributed by atoms with Crippen LogP contribution in [0.25, 0.3) is 0 Å². The number of hydrogen-bond acceptors (Lipinski definition) is 4. The topological polar surface area (TPSA) is 61.0 Å². The van der Waals surface area contributed by atoms with E-state index in [1.54, 1.807) is 6.92 Å². The minimum Gasteiger partial charge on any atom is -0.437 e. The van der Waals surface area contributed by atoms with Crippen LogP contribution in [0.1, 0.15) is 5.56 Å². The summed E-state index contributed by atoms with van der Waals surface area (Å²) in [6.45, 7) is 1.72. The van der Waals surface area contributed by atoms with Crippen molar-refractivity contribution in [3.05, 3.63) is 40.8 Å². The molecule has 0 amide bonds. The van der Waals surface area contributed by atoms with Gasteiger partial charge in [0, 0.05) is 0 Å². The molecule has 17 heavy (non-hydrogen) atoms. The molecule has 0 atom stereocenters. The summed E-state index contributed by atoms with van der Waals surface area (Å²) in [7, 11) is 0. The minimum atomic E-state index is -0.330. The normalized spacial score (nSPS) is 10.3. The zero-order chi connectivity index (χ0) is 12.4. The van der Waals surface area contributed by atoms with Crippen molar-refractivity contribution >= 4 is 17.5 Å². The molecule has 0 aliphatic rings. The molecule has 88 valence electrons. The molecule has 0 radical (unpaired) electrons. The smallest absolute Gasteiger partial charge is 0.243 e. The summed E-state index contributed by atoms with van der Waals surface area (Å²) >= 11 is 5.85. The minimum absolute atomic E-state index is 0.0594. The van der Waals surface area contributed by atoms with Gasteiger partial charge in [-0.3, -0.25) is 0 Å². The Bertz CT molecular complexity index is 562. The number of nitrogens with two attached hydrogens (primary N) is 1. The van der Waals surface area contributed by atoms with Gasteiger partial charge in [0.2, 0.25) is 11.8 Å². The first-order valence-electron chi connectivity index (χ1n) is 4.78. The molecule has 0 saturated heterocycles. The van der Waals surface area contributed by atoms with E-state index in [4.69, 9.17) is 22.1 Å². The van der Waals surface area contributed by atoms with Crippen LogP contribution in [0.3, 0.4) is 0 Å². The first-order chi connectivity index (χ1) is 8.06. The Balaban J connectivity index is 2.34. The number of aromatic nitrogens is 2. The van der Waals surface area contributed by atoms with Crippen molar-refractivity contribution in [3.8, 4) is 11.6 Å². The fraction of sp³-hybridized carbons (Fsp3) is 0.0909. The zero-order valence-corrected chi connectivity index (χ0v) is 9.70. The summed E-state index contributed by atoms with van der Waals surface area (Å²) in [6, 6.07) is 4.15. The van der Waals surface area contributed by atoms with Crippen molar-refractivity contribution in [2.45, 2.75) is 6.92 Å². The van der Waals surface area contributed by atoms with Gasteiger partial charge in [0.25, 0.3) is 0 Å². The summed E-state index contributed by atoms with van der Waals surface area (Å²) in [5.74, 6) is 0.340.